The highest BCUT2D eigenvalue weighted by Gasteiger charge is 2.26. The van der Waals surface area contributed by atoms with E-state index in [4.69, 9.17) is 0 Å². The minimum absolute atomic E-state index is 0.644. The van der Waals surface area contributed by atoms with Gasteiger partial charge in [-0.1, -0.05) is 13.3 Å². The first-order valence-electron chi connectivity index (χ1n) is 5.58. The lowest BCUT2D eigenvalue weighted by atomic mass is 9.92. The van der Waals surface area contributed by atoms with Gasteiger partial charge < -0.3 is 4.90 Å². The summed E-state index contributed by atoms with van der Waals surface area (Å²) >= 11 is 5.16. The first-order valence-corrected chi connectivity index (χ1v) is 7.25. The van der Waals surface area contributed by atoms with Crippen LogP contribution < -0.4 is 4.90 Å². The second-order valence-corrected chi connectivity index (χ2v) is 5.95. The van der Waals surface area contributed by atoms with E-state index in [9.17, 15) is 0 Å². The summed E-state index contributed by atoms with van der Waals surface area (Å²) in [5.74, 6) is 0.851. The van der Waals surface area contributed by atoms with Crippen molar-refractivity contribution in [2.45, 2.75) is 39.2 Å². The maximum atomic E-state index is 4.51. The molecule has 15 heavy (non-hydrogen) atoms. The molecule has 0 N–H and O–H groups in total. The highest BCUT2D eigenvalue weighted by molar-refractivity contribution is 9.10. The number of halogens is 1. The van der Waals surface area contributed by atoms with Crippen molar-refractivity contribution in [3.05, 3.63) is 9.98 Å². The number of rotatable bonds is 2. The third kappa shape index (κ3) is 2.53. The van der Waals surface area contributed by atoms with Crippen molar-refractivity contribution in [1.82, 2.24) is 4.98 Å². The number of hydrogen-bond acceptors (Lipinski definition) is 3. The van der Waals surface area contributed by atoms with E-state index in [1.54, 1.807) is 11.3 Å². The zero-order valence-corrected chi connectivity index (χ0v) is 11.6. The van der Waals surface area contributed by atoms with E-state index in [1.165, 1.54) is 30.9 Å². The number of anilines is 1. The summed E-state index contributed by atoms with van der Waals surface area (Å²) in [5, 5.41) is 3.24. The monoisotopic (exact) mass is 288 g/mol. The van der Waals surface area contributed by atoms with Gasteiger partial charge in [0.1, 0.15) is 4.60 Å². The van der Waals surface area contributed by atoms with Crippen LogP contribution in [-0.2, 0) is 0 Å². The van der Waals surface area contributed by atoms with Gasteiger partial charge in [0.2, 0.25) is 0 Å². The van der Waals surface area contributed by atoms with Crippen LogP contribution in [0.2, 0.25) is 0 Å². The lowest BCUT2D eigenvalue weighted by molar-refractivity contribution is 0.359. The lowest BCUT2D eigenvalue weighted by Gasteiger charge is -2.37. The van der Waals surface area contributed by atoms with Gasteiger partial charge in [-0.2, -0.15) is 0 Å². The first-order chi connectivity index (χ1) is 7.20. The van der Waals surface area contributed by atoms with Gasteiger partial charge in [-0.15, -0.1) is 11.3 Å². The lowest BCUT2D eigenvalue weighted by Crippen LogP contribution is -2.41. The second kappa shape index (κ2) is 4.83. The molecule has 84 valence electrons. The minimum atomic E-state index is 0.644. The fraction of sp³-hybridized carbons (Fsp3) is 0.727. The molecule has 0 aromatic carbocycles. The van der Waals surface area contributed by atoms with E-state index in [-0.39, 0.29) is 0 Å². The van der Waals surface area contributed by atoms with Crippen LogP contribution in [0.5, 0.6) is 0 Å². The standard InChI is InChI=1S/C11H17BrN2S/c1-3-9-5-4-8(2)14(6-9)11-13-10(12)7-15-11/h7-9H,3-6H2,1-2H3/t8-,9-/m1/s1. The fourth-order valence-corrected chi connectivity index (χ4v) is 3.52. The fourth-order valence-electron chi connectivity index (χ4n) is 2.16. The van der Waals surface area contributed by atoms with Crippen LogP contribution in [0.15, 0.2) is 9.98 Å². The number of piperidine rings is 1. The maximum Gasteiger partial charge on any atom is 0.186 e. The van der Waals surface area contributed by atoms with E-state index >= 15 is 0 Å². The van der Waals surface area contributed by atoms with Gasteiger partial charge in [0.25, 0.3) is 0 Å². The van der Waals surface area contributed by atoms with Crippen molar-refractivity contribution in [1.29, 1.82) is 0 Å². The van der Waals surface area contributed by atoms with Crippen LogP contribution in [0.4, 0.5) is 5.13 Å². The van der Waals surface area contributed by atoms with Gasteiger partial charge in [0.15, 0.2) is 5.13 Å². The first kappa shape index (κ1) is 11.4. The highest BCUT2D eigenvalue weighted by Crippen LogP contribution is 2.32. The smallest absolute Gasteiger partial charge is 0.186 e. The van der Waals surface area contributed by atoms with Gasteiger partial charge in [-0.05, 0) is 41.6 Å². The van der Waals surface area contributed by atoms with Crippen LogP contribution in [0.3, 0.4) is 0 Å². The Morgan fingerprint density at radius 1 is 1.60 bits per heavy atom. The molecule has 1 fully saturated rings. The molecule has 1 aromatic heterocycles. The van der Waals surface area contributed by atoms with Crippen LogP contribution in [0.1, 0.15) is 33.1 Å². The number of aromatic nitrogens is 1. The molecule has 2 heterocycles. The van der Waals surface area contributed by atoms with Crippen LogP contribution >= 0.6 is 27.3 Å². The van der Waals surface area contributed by atoms with Crippen LogP contribution in [-0.4, -0.2) is 17.6 Å². The van der Waals surface area contributed by atoms with Crippen LogP contribution in [0, 0.1) is 5.92 Å². The quantitative estimate of drug-likeness (QED) is 0.820. The third-order valence-electron chi connectivity index (χ3n) is 3.27. The Morgan fingerprint density at radius 2 is 2.40 bits per heavy atom. The molecule has 2 rings (SSSR count). The molecule has 0 radical (unpaired) electrons. The number of thiazole rings is 1. The molecule has 0 bridgehead atoms. The van der Waals surface area contributed by atoms with Gasteiger partial charge in [-0.25, -0.2) is 4.98 Å². The van der Waals surface area contributed by atoms with Crippen molar-refractivity contribution >= 4 is 32.4 Å². The average molecular weight is 289 g/mol. The largest absolute Gasteiger partial charge is 0.345 e. The molecule has 1 aromatic rings. The molecular formula is C11H17BrN2S. The predicted octanol–water partition coefficient (Wildman–Crippen LogP) is 3.92. The van der Waals surface area contributed by atoms with E-state index in [0.29, 0.717) is 6.04 Å². The number of hydrogen-bond donors (Lipinski definition) is 0. The van der Waals surface area contributed by atoms with Gasteiger partial charge >= 0.3 is 0 Å². The summed E-state index contributed by atoms with van der Waals surface area (Å²) in [6, 6.07) is 0.644. The van der Waals surface area contributed by atoms with Gasteiger partial charge in [0, 0.05) is 18.0 Å². The summed E-state index contributed by atoms with van der Waals surface area (Å²) in [4.78, 5) is 6.98. The molecule has 1 aliphatic heterocycles. The van der Waals surface area contributed by atoms with Crippen molar-refractivity contribution < 1.29 is 0 Å². The highest BCUT2D eigenvalue weighted by atomic mass is 79.9. The molecule has 2 atom stereocenters. The normalized spacial score (nSPS) is 27.0. The Hall–Kier alpha value is -0.0900. The zero-order chi connectivity index (χ0) is 10.8. The summed E-state index contributed by atoms with van der Waals surface area (Å²) < 4.78 is 0.966. The molecule has 0 unspecified atom stereocenters. The van der Waals surface area contributed by atoms with Crippen molar-refractivity contribution in [3.63, 3.8) is 0 Å². The molecule has 1 aliphatic rings. The predicted molar refractivity (Wildman–Crippen MR) is 69.6 cm³/mol. The van der Waals surface area contributed by atoms with Gasteiger partial charge in [0.05, 0.1) is 0 Å². The SMILES string of the molecule is CC[C@@H]1CC[C@@H](C)N(c2nc(Br)cs2)C1. The van der Waals surface area contributed by atoms with Crippen molar-refractivity contribution in [3.8, 4) is 0 Å². The Bertz CT molecular complexity index is 326. The van der Waals surface area contributed by atoms with E-state index in [2.05, 4.69) is 45.0 Å². The van der Waals surface area contributed by atoms with E-state index < -0.39 is 0 Å². The van der Waals surface area contributed by atoms with E-state index in [1.807, 2.05) is 0 Å². The Kier molecular flexibility index (Phi) is 3.67. The molecule has 4 heteroatoms. The Labute approximate surface area is 104 Å². The summed E-state index contributed by atoms with van der Waals surface area (Å²) in [6.45, 7) is 5.77. The molecular weight excluding hydrogens is 272 g/mol. The molecule has 0 spiro atoms. The number of nitrogens with zero attached hydrogens (tertiary/aromatic N) is 2. The molecule has 0 aliphatic carbocycles. The summed E-state index contributed by atoms with van der Waals surface area (Å²) in [7, 11) is 0. The summed E-state index contributed by atoms with van der Waals surface area (Å²) in [5.41, 5.74) is 0. The molecule has 0 saturated carbocycles. The van der Waals surface area contributed by atoms with Crippen molar-refractivity contribution in [2.75, 3.05) is 11.4 Å². The average Bonchev–Trinajstić information content (AvgIpc) is 2.65. The Morgan fingerprint density at radius 3 is 3.00 bits per heavy atom. The Balaban J connectivity index is 2.12. The molecule has 0 amide bonds. The summed E-state index contributed by atoms with van der Waals surface area (Å²) in [6.07, 6.45) is 3.96. The van der Waals surface area contributed by atoms with Crippen molar-refractivity contribution in [2.24, 2.45) is 5.92 Å². The van der Waals surface area contributed by atoms with Gasteiger partial charge in [-0.3, -0.25) is 0 Å². The maximum absolute atomic E-state index is 4.51. The topological polar surface area (TPSA) is 16.1 Å². The van der Waals surface area contributed by atoms with Crippen LogP contribution in [0.25, 0.3) is 0 Å². The zero-order valence-electron chi connectivity index (χ0n) is 9.24. The second-order valence-electron chi connectivity index (χ2n) is 4.31. The van der Waals surface area contributed by atoms with E-state index in [0.717, 1.165) is 10.5 Å². The molecule has 1 saturated heterocycles. The minimum Gasteiger partial charge on any atom is -0.345 e. The third-order valence-corrected chi connectivity index (χ3v) is 4.85. The molecule has 2 nitrogen and oxygen atoms in total.